The minimum absolute atomic E-state index is 0.369. The maximum atomic E-state index is 11.0. The first-order valence-corrected chi connectivity index (χ1v) is 5.63. The first kappa shape index (κ1) is 9.68. The number of halogens is 1. The number of hydrogen-bond acceptors (Lipinski definition) is 2. The number of carboxylic acid groups (broad SMARTS) is 1. The quantitative estimate of drug-likeness (QED) is 0.859. The van der Waals surface area contributed by atoms with Crippen molar-refractivity contribution < 1.29 is 9.90 Å². The predicted molar refractivity (Wildman–Crippen MR) is 61.2 cm³/mol. The molecule has 1 aromatic heterocycles. The number of rotatable bonds is 1. The molecular weight excluding hydrogens is 264 g/mol. The van der Waals surface area contributed by atoms with E-state index in [1.807, 2.05) is 25.1 Å². The van der Waals surface area contributed by atoms with Gasteiger partial charge in [0.25, 0.3) is 0 Å². The number of carboxylic acids is 1. The number of aryl methyl sites for hydroxylation is 1. The van der Waals surface area contributed by atoms with Gasteiger partial charge in [-0.3, -0.25) is 0 Å². The van der Waals surface area contributed by atoms with E-state index in [1.54, 1.807) is 0 Å². The molecule has 1 N–H and O–H groups in total. The van der Waals surface area contributed by atoms with Crippen molar-refractivity contribution in [2.45, 2.75) is 6.92 Å². The maximum absolute atomic E-state index is 11.0. The largest absolute Gasteiger partial charge is 0.478 e. The van der Waals surface area contributed by atoms with E-state index >= 15 is 0 Å². The number of aromatic carboxylic acids is 1. The van der Waals surface area contributed by atoms with Gasteiger partial charge in [0, 0.05) is 10.1 Å². The van der Waals surface area contributed by atoms with E-state index in [9.17, 15) is 4.79 Å². The number of thiophene rings is 1. The SMILES string of the molecule is Cc1cccc2c(C(=O)O)c(Br)sc12. The molecule has 0 aliphatic heterocycles. The summed E-state index contributed by atoms with van der Waals surface area (Å²) in [7, 11) is 0. The van der Waals surface area contributed by atoms with Crippen LogP contribution in [0.15, 0.2) is 22.0 Å². The Kier molecular flexibility index (Phi) is 2.33. The summed E-state index contributed by atoms with van der Waals surface area (Å²) in [6.07, 6.45) is 0. The summed E-state index contributed by atoms with van der Waals surface area (Å²) in [4.78, 5) is 11.0. The van der Waals surface area contributed by atoms with Crippen LogP contribution in [-0.4, -0.2) is 11.1 Å². The first-order valence-electron chi connectivity index (χ1n) is 4.02. The Bertz CT molecular complexity index is 516. The lowest BCUT2D eigenvalue weighted by Gasteiger charge is -1.95. The van der Waals surface area contributed by atoms with Crippen LogP contribution in [0.5, 0.6) is 0 Å². The van der Waals surface area contributed by atoms with E-state index in [1.165, 1.54) is 11.3 Å². The zero-order chi connectivity index (χ0) is 10.3. The first-order chi connectivity index (χ1) is 6.61. The number of fused-ring (bicyclic) bond motifs is 1. The molecule has 72 valence electrons. The summed E-state index contributed by atoms with van der Waals surface area (Å²) in [5.41, 5.74) is 1.48. The van der Waals surface area contributed by atoms with Crippen molar-refractivity contribution in [1.82, 2.24) is 0 Å². The van der Waals surface area contributed by atoms with Gasteiger partial charge in [-0.25, -0.2) is 4.79 Å². The van der Waals surface area contributed by atoms with Crippen molar-refractivity contribution in [2.24, 2.45) is 0 Å². The van der Waals surface area contributed by atoms with Gasteiger partial charge >= 0.3 is 5.97 Å². The van der Waals surface area contributed by atoms with Gasteiger partial charge in [-0.05, 0) is 28.4 Å². The minimum atomic E-state index is -0.881. The normalized spacial score (nSPS) is 10.7. The Hall–Kier alpha value is -0.870. The molecule has 1 heterocycles. The molecule has 2 nitrogen and oxygen atoms in total. The van der Waals surface area contributed by atoms with E-state index in [2.05, 4.69) is 15.9 Å². The van der Waals surface area contributed by atoms with Gasteiger partial charge in [0.05, 0.1) is 9.35 Å². The highest BCUT2D eigenvalue weighted by molar-refractivity contribution is 9.11. The zero-order valence-electron chi connectivity index (χ0n) is 7.37. The second-order valence-corrected chi connectivity index (χ2v) is 5.35. The van der Waals surface area contributed by atoms with Crippen molar-refractivity contribution in [1.29, 1.82) is 0 Å². The van der Waals surface area contributed by atoms with Crippen LogP contribution in [0.25, 0.3) is 10.1 Å². The van der Waals surface area contributed by atoms with Crippen LogP contribution < -0.4 is 0 Å². The van der Waals surface area contributed by atoms with Crippen LogP contribution in [0.4, 0.5) is 0 Å². The summed E-state index contributed by atoms with van der Waals surface area (Å²) in [6, 6.07) is 5.70. The van der Waals surface area contributed by atoms with E-state index in [0.29, 0.717) is 9.35 Å². The monoisotopic (exact) mass is 270 g/mol. The molecule has 2 aromatic rings. The van der Waals surface area contributed by atoms with E-state index in [4.69, 9.17) is 5.11 Å². The van der Waals surface area contributed by atoms with Gasteiger partial charge in [-0.1, -0.05) is 18.2 Å². The minimum Gasteiger partial charge on any atom is -0.478 e. The molecule has 0 atom stereocenters. The van der Waals surface area contributed by atoms with Gasteiger partial charge in [0.1, 0.15) is 0 Å². The molecular formula is C10H7BrO2S. The van der Waals surface area contributed by atoms with Crippen LogP contribution in [0.3, 0.4) is 0 Å². The average molecular weight is 271 g/mol. The molecule has 0 fully saturated rings. The summed E-state index contributed by atoms with van der Waals surface area (Å²) in [5.74, 6) is -0.881. The highest BCUT2D eigenvalue weighted by Crippen LogP contribution is 2.36. The molecule has 14 heavy (non-hydrogen) atoms. The van der Waals surface area contributed by atoms with Gasteiger partial charge < -0.3 is 5.11 Å². The summed E-state index contributed by atoms with van der Waals surface area (Å²) in [5, 5.41) is 9.83. The van der Waals surface area contributed by atoms with Crippen LogP contribution in [0.1, 0.15) is 15.9 Å². The molecule has 0 saturated heterocycles. The van der Waals surface area contributed by atoms with Gasteiger partial charge in [-0.2, -0.15) is 0 Å². The van der Waals surface area contributed by atoms with Crippen molar-refractivity contribution in [3.8, 4) is 0 Å². The summed E-state index contributed by atoms with van der Waals surface area (Å²) < 4.78 is 1.73. The molecule has 0 spiro atoms. The van der Waals surface area contributed by atoms with Crippen molar-refractivity contribution in [2.75, 3.05) is 0 Å². The standard InChI is InChI=1S/C10H7BrO2S/c1-5-3-2-4-6-7(10(12)13)9(11)14-8(5)6/h2-4H,1H3,(H,12,13). The lowest BCUT2D eigenvalue weighted by molar-refractivity contribution is 0.0698. The number of hydrogen-bond donors (Lipinski definition) is 1. The topological polar surface area (TPSA) is 37.3 Å². The Morgan fingerprint density at radius 2 is 2.21 bits per heavy atom. The molecule has 0 radical (unpaired) electrons. The molecule has 0 unspecified atom stereocenters. The third-order valence-electron chi connectivity index (χ3n) is 2.08. The van der Waals surface area contributed by atoms with Crippen LogP contribution >= 0.6 is 27.3 Å². The number of benzene rings is 1. The Morgan fingerprint density at radius 3 is 2.86 bits per heavy atom. The molecule has 0 aliphatic carbocycles. The summed E-state index contributed by atoms with van der Waals surface area (Å²) >= 11 is 4.75. The predicted octanol–water partition coefficient (Wildman–Crippen LogP) is 3.67. The van der Waals surface area contributed by atoms with E-state index in [-0.39, 0.29) is 0 Å². The second-order valence-electron chi connectivity index (χ2n) is 3.01. The summed E-state index contributed by atoms with van der Waals surface area (Å²) in [6.45, 7) is 1.98. The zero-order valence-corrected chi connectivity index (χ0v) is 9.78. The van der Waals surface area contributed by atoms with Crippen molar-refractivity contribution in [3.63, 3.8) is 0 Å². The second kappa shape index (κ2) is 3.37. The average Bonchev–Trinajstić information content (AvgIpc) is 2.42. The van der Waals surface area contributed by atoms with Crippen LogP contribution in [-0.2, 0) is 0 Å². The van der Waals surface area contributed by atoms with Gasteiger partial charge in [-0.15, -0.1) is 11.3 Å². The molecule has 0 aliphatic rings. The Balaban J connectivity index is 2.90. The number of carbonyl (C=O) groups is 1. The molecule has 0 bridgehead atoms. The van der Waals surface area contributed by atoms with Crippen molar-refractivity contribution in [3.05, 3.63) is 33.1 Å². The smallest absolute Gasteiger partial charge is 0.338 e. The van der Waals surface area contributed by atoms with Crippen LogP contribution in [0.2, 0.25) is 0 Å². The van der Waals surface area contributed by atoms with Crippen LogP contribution in [0, 0.1) is 6.92 Å². The highest BCUT2D eigenvalue weighted by Gasteiger charge is 2.16. The lowest BCUT2D eigenvalue weighted by Crippen LogP contribution is -1.94. The molecule has 2 rings (SSSR count). The van der Waals surface area contributed by atoms with E-state index in [0.717, 1.165) is 15.6 Å². The van der Waals surface area contributed by atoms with E-state index < -0.39 is 5.97 Å². The van der Waals surface area contributed by atoms with Gasteiger partial charge in [0.2, 0.25) is 0 Å². The highest BCUT2D eigenvalue weighted by atomic mass is 79.9. The molecule has 0 amide bonds. The Labute approximate surface area is 93.3 Å². The maximum Gasteiger partial charge on any atom is 0.338 e. The van der Waals surface area contributed by atoms with Crippen molar-refractivity contribution >= 4 is 43.3 Å². The fraction of sp³-hybridized carbons (Fsp3) is 0.100. The fourth-order valence-corrected chi connectivity index (χ4v) is 3.29. The third-order valence-corrected chi connectivity index (χ3v) is 4.09. The lowest BCUT2D eigenvalue weighted by atomic mass is 10.1. The molecule has 1 aromatic carbocycles. The fourth-order valence-electron chi connectivity index (χ4n) is 1.43. The molecule has 4 heteroatoms. The Morgan fingerprint density at radius 1 is 1.50 bits per heavy atom. The molecule has 0 saturated carbocycles. The third kappa shape index (κ3) is 1.35. The van der Waals surface area contributed by atoms with Gasteiger partial charge in [0.15, 0.2) is 0 Å².